The Hall–Kier alpha value is -0.294. The molecule has 1 N–H and O–H groups in total. The molecule has 20 heavy (non-hydrogen) atoms. The topological polar surface area (TPSA) is 113 Å². The van der Waals surface area contributed by atoms with Crippen molar-refractivity contribution in [3.63, 3.8) is 0 Å². The molecule has 9 heteroatoms. The molecule has 0 fully saturated rings. The van der Waals surface area contributed by atoms with E-state index in [2.05, 4.69) is 4.74 Å². The molecule has 1 unspecified atom stereocenters. The fraction of sp³-hybridized carbons (Fsp3) is 0.273. The summed E-state index contributed by atoms with van der Waals surface area (Å²) in [4.78, 5) is 22.5. The van der Waals surface area contributed by atoms with Crippen molar-refractivity contribution in [2.45, 2.75) is 12.5 Å². The van der Waals surface area contributed by atoms with Crippen LogP contribution in [0.1, 0.15) is 5.56 Å². The summed E-state index contributed by atoms with van der Waals surface area (Å²) in [6, 6.07) is 7.34. The molecule has 0 aromatic heterocycles. The van der Waals surface area contributed by atoms with Gasteiger partial charge in [0.25, 0.3) is 0 Å². The van der Waals surface area contributed by atoms with Crippen LogP contribution in [0.25, 0.3) is 0 Å². The summed E-state index contributed by atoms with van der Waals surface area (Å²) in [5.41, 5.74) is 0.682. The van der Waals surface area contributed by atoms with Gasteiger partial charge in [-0.15, -0.1) is 0 Å². The second-order valence-electron chi connectivity index (χ2n) is 3.65. The van der Waals surface area contributed by atoms with Gasteiger partial charge >= 0.3 is 62.6 Å². The molecule has 0 aliphatic rings. The molecule has 0 bridgehead atoms. The minimum Gasteiger partial charge on any atom is -0.740 e. The number of carbonyl (C=O) groups excluding carboxylic acids is 2. The van der Waals surface area contributed by atoms with E-state index in [-0.39, 0.29) is 57.8 Å². The van der Waals surface area contributed by atoms with Crippen LogP contribution in [0.4, 0.5) is 4.79 Å². The molecule has 1 aromatic carbocycles. The number of carbonyl (C=O) groups is 2. The van der Waals surface area contributed by atoms with E-state index in [0.717, 1.165) is 7.11 Å². The molecule has 1 aromatic rings. The van der Waals surface area contributed by atoms with E-state index in [1.54, 1.807) is 30.3 Å². The third-order valence-electron chi connectivity index (χ3n) is 2.29. The summed E-state index contributed by atoms with van der Waals surface area (Å²) in [6.07, 6.45) is 0.0226. The van der Waals surface area contributed by atoms with Crippen LogP contribution in [-0.2, 0) is 26.1 Å². The minimum absolute atomic E-state index is 0. The number of hydrogen-bond donors (Lipinski definition) is 1. The van der Waals surface area contributed by atoms with E-state index in [1.165, 1.54) is 0 Å². The van der Waals surface area contributed by atoms with Gasteiger partial charge in [0.1, 0.15) is 6.04 Å². The fourth-order valence-corrected chi connectivity index (χ4v) is 1.69. The monoisotopic (exact) mass is 325 g/mol. The van der Waals surface area contributed by atoms with Crippen molar-refractivity contribution in [3.05, 3.63) is 35.9 Å². The van der Waals surface area contributed by atoms with Crippen LogP contribution in [0.15, 0.2) is 30.3 Å². The Balaban J connectivity index is 0.00000361. The Morgan fingerprint density at radius 2 is 1.85 bits per heavy atom. The Bertz CT molecular complexity index is 560. The Morgan fingerprint density at radius 3 is 2.30 bits per heavy atom. The number of ether oxygens (including phenoxy) is 1. The van der Waals surface area contributed by atoms with Gasteiger partial charge < -0.3 is 14.6 Å². The third kappa shape index (κ3) is 6.44. The van der Waals surface area contributed by atoms with Crippen molar-refractivity contribution in [3.8, 4) is 0 Å². The van der Waals surface area contributed by atoms with Gasteiger partial charge in [-0.25, -0.2) is 13.2 Å². The first-order chi connectivity index (χ1) is 8.84. The molecular weight excluding hydrogens is 313 g/mol. The van der Waals surface area contributed by atoms with Gasteiger partial charge in [-0.3, -0.25) is 4.79 Å². The second kappa shape index (κ2) is 8.87. The summed E-state index contributed by atoms with van der Waals surface area (Å²) in [5.74, 6) is -0.833. The van der Waals surface area contributed by atoms with Gasteiger partial charge in [-0.2, -0.15) is 0 Å². The number of hydrogen-bond acceptors (Lipinski definition) is 6. The standard InChI is InChI=1S/C11H13NO6S.K/c1-18-10(13)9(12-11(14)19(15,16)17)7-8-5-3-2-4-6-8;/h2-6,9H,7H2,1H3,(H,12,14)(H,15,16,17);/q;+1/p-1. The van der Waals surface area contributed by atoms with Crippen LogP contribution in [0.5, 0.6) is 0 Å². The maximum atomic E-state index is 11.4. The van der Waals surface area contributed by atoms with E-state index in [0.29, 0.717) is 5.56 Å². The molecule has 0 radical (unpaired) electrons. The molecule has 1 atom stereocenters. The predicted molar refractivity (Wildman–Crippen MR) is 64.2 cm³/mol. The van der Waals surface area contributed by atoms with Gasteiger partial charge in [0, 0.05) is 6.42 Å². The van der Waals surface area contributed by atoms with E-state index < -0.39 is 27.4 Å². The minimum atomic E-state index is -5.14. The van der Waals surface area contributed by atoms with Crippen LogP contribution in [0.2, 0.25) is 0 Å². The Kier molecular flexibility index (Phi) is 8.74. The van der Waals surface area contributed by atoms with Crippen molar-refractivity contribution in [1.82, 2.24) is 5.32 Å². The van der Waals surface area contributed by atoms with Crippen LogP contribution < -0.4 is 56.7 Å². The van der Waals surface area contributed by atoms with Crippen molar-refractivity contribution in [2.24, 2.45) is 0 Å². The van der Waals surface area contributed by atoms with Gasteiger partial charge in [0.05, 0.1) is 7.11 Å². The van der Waals surface area contributed by atoms with Crippen molar-refractivity contribution < 1.29 is 78.7 Å². The number of rotatable bonds is 4. The van der Waals surface area contributed by atoms with E-state index >= 15 is 0 Å². The van der Waals surface area contributed by atoms with E-state index in [9.17, 15) is 22.6 Å². The van der Waals surface area contributed by atoms with Crippen molar-refractivity contribution in [1.29, 1.82) is 0 Å². The quantitative estimate of drug-likeness (QED) is 0.359. The molecule has 0 heterocycles. The van der Waals surface area contributed by atoms with Crippen molar-refractivity contribution >= 4 is 21.3 Å². The molecular formula is C11H12KNO6S. The van der Waals surface area contributed by atoms with Crippen LogP contribution in [-0.4, -0.2) is 37.3 Å². The average Bonchev–Trinajstić information content (AvgIpc) is 2.37. The van der Waals surface area contributed by atoms with E-state index in [4.69, 9.17) is 0 Å². The van der Waals surface area contributed by atoms with Crippen LogP contribution in [0, 0.1) is 0 Å². The smallest absolute Gasteiger partial charge is 0.740 e. The summed E-state index contributed by atoms with van der Waals surface area (Å²) in [5, 5.41) is 0.0911. The molecule has 0 saturated heterocycles. The summed E-state index contributed by atoms with van der Waals surface area (Å²) in [7, 11) is -4.04. The first-order valence-corrected chi connectivity index (χ1v) is 6.63. The number of esters is 1. The maximum Gasteiger partial charge on any atom is 1.00 e. The third-order valence-corrected chi connectivity index (χ3v) is 2.86. The molecule has 7 nitrogen and oxygen atoms in total. The molecule has 104 valence electrons. The Morgan fingerprint density at radius 1 is 1.30 bits per heavy atom. The molecule has 1 amide bonds. The number of benzene rings is 1. The fourth-order valence-electron chi connectivity index (χ4n) is 1.40. The molecule has 1 rings (SSSR count). The van der Waals surface area contributed by atoms with Gasteiger partial charge in [-0.05, 0) is 5.56 Å². The summed E-state index contributed by atoms with van der Waals surface area (Å²) < 4.78 is 36.0. The molecule has 0 aliphatic heterocycles. The average molecular weight is 325 g/mol. The van der Waals surface area contributed by atoms with Crippen molar-refractivity contribution in [2.75, 3.05) is 7.11 Å². The zero-order valence-corrected chi connectivity index (χ0v) is 15.0. The summed E-state index contributed by atoms with van der Waals surface area (Å²) >= 11 is 0. The number of amides is 1. The molecule has 0 saturated carbocycles. The second-order valence-corrected chi connectivity index (χ2v) is 4.93. The predicted octanol–water partition coefficient (Wildman–Crippen LogP) is -2.97. The summed E-state index contributed by atoms with van der Waals surface area (Å²) in [6.45, 7) is 0. The van der Waals surface area contributed by atoms with Gasteiger partial charge in [-0.1, -0.05) is 30.3 Å². The number of nitrogens with one attached hydrogen (secondary N) is 1. The molecule has 0 aliphatic carbocycles. The largest absolute Gasteiger partial charge is 1.00 e. The van der Waals surface area contributed by atoms with Crippen LogP contribution >= 0.6 is 0 Å². The first-order valence-electron chi connectivity index (χ1n) is 5.22. The van der Waals surface area contributed by atoms with Gasteiger partial charge in [0.2, 0.25) is 0 Å². The SMILES string of the molecule is COC(=O)C(Cc1ccccc1)NC(=O)S(=O)(=O)[O-].[K+]. The zero-order chi connectivity index (χ0) is 14.5. The van der Waals surface area contributed by atoms with E-state index in [1.807, 2.05) is 5.32 Å². The molecule has 0 spiro atoms. The normalized spacial score (nSPS) is 11.9. The van der Waals surface area contributed by atoms with Crippen LogP contribution in [0.3, 0.4) is 0 Å². The Labute approximate surface area is 159 Å². The number of methoxy groups -OCH3 is 1. The zero-order valence-electron chi connectivity index (χ0n) is 11.0. The van der Waals surface area contributed by atoms with Gasteiger partial charge in [0.15, 0.2) is 10.1 Å². The maximum absolute atomic E-state index is 11.4. The first kappa shape index (κ1) is 19.7.